The summed E-state index contributed by atoms with van der Waals surface area (Å²) in [4.78, 5) is 2.66. The van der Waals surface area contributed by atoms with E-state index in [9.17, 15) is 2.74 Å². The van der Waals surface area contributed by atoms with Crippen molar-refractivity contribution in [3.8, 4) is 0 Å². The minimum Gasteiger partial charge on any atom is -0.382 e. The van der Waals surface area contributed by atoms with Crippen LogP contribution in [0.4, 0.5) is 5.69 Å². The monoisotopic (exact) mass is 913 g/mol. The number of allylic oxidation sites excluding steroid dienone is 11. The Kier molecular flexibility index (Phi) is 13.2. The van der Waals surface area contributed by atoms with Crippen LogP contribution in [0.3, 0.4) is 0 Å². The summed E-state index contributed by atoms with van der Waals surface area (Å²) in [5.41, 5.74) is 15.7. The van der Waals surface area contributed by atoms with Crippen LogP contribution < -0.4 is 5.32 Å². The molecule has 1 N–H and O–H groups in total. The first kappa shape index (κ1) is 45.6. The van der Waals surface area contributed by atoms with Crippen molar-refractivity contribution in [3.05, 3.63) is 122 Å². The van der Waals surface area contributed by atoms with Gasteiger partial charge in [-0.2, -0.15) is 11.8 Å². The average Bonchev–Trinajstić information content (AvgIpc) is 3.75. The van der Waals surface area contributed by atoms with Crippen LogP contribution in [0.2, 0.25) is 0 Å². The van der Waals surface area contributed by atoms with Crippen molar-refractivity contribution in [2.45, 2.75) is 217 Å². The van der Waals surface area contributed by atoms with Crippen LogP contribution in [0, 0.1) is 40.4 Å². The van der Waals surface area contributed by atoms with Crippen LogP contribution in [0.5, 0.6) is 0 Å². The number of rotatable bonds is 13. The van der Waals surface area contributed by atoms with Gasteiger partial charge in [-0.1, -0.05) is 169 Å². The van der Waals surface area contributed by atoms with Gasteiger partial charge in [-0.25, -0.2) is 0 Å². The van der Waals surface area contributed by atoms with Gasteiger partial charge in [-0.3, -0.25) is 0 Å². The highest BCUT2D eigenvalue weighted by molar-refractivity contribution is 8.02. The van der Waals surface area contributed by atoms with Gasteiger partial charge < -0.3 is 10.2 Å². The van der Waals surface area contributed by atoms with Gasteiger partial charge in [-0.05, 0) is 180 Å². The van der Waals surface area contributed by atoms with Crippen molar-refractivity contribution < 1.29 is 5.48 Å². The summed E-state index contributed by atoms with van der Waals surface area (Å²) in [5, 5.41) is 5.17. The van der Waals surface area contributed by atoms with Crippen molar-refractivity contribution in [1.82, 2.24) is 4.90 Å². The molecule has 4 aliphatic carbocycles. The number of fused-ring (bicyclic) bond motifs is 1. The molecule has 66 heavy (non-hydrogen) atoms. The van der Waals surface area contributed by atoms with Gasteiger partial charge in [0.25, 0.3) is 0 Å². The van der Waals surface area contributed by atoms with E-state index < -0.39 is 6.40 Å². The maximum atomic E-state index is 9.65. The van der Waals surface area contributed by atoms with Crippen LogP contribution in [-0.2, 0) is 5.41 Å². The largest absolute Gasteiger partial charge is 0.382 e. The highest BCUT2D eigenvalue weighted by Gasteiger charge is 2.56. The maximum Gasteiger partial charge on any atom is 0.224 e. The lowest BCUT2D eigenvalue weighted by atomic mass is 9.34. The van der Waals surface area contributed by atoms with Crippen LogP contribution in [0.15, 0.2) is 105 Å². The maximum absolute atomic E-state index is 9.65. The van der Waals surface area contributed by atoms with Gasteiger partial charge in [0.1, 0.15) is 0 Å². The van der Waals surface area contributed by atoms with E-state index in [1.165, 1.54) is 75.1 Å². The lowest BCUT2D eigenvalue weighted by Crippen LogP contribution is -2.48. The molecule has 0 aromatic heterocycles. The number of hydrogen-bond acceptors (Lipinski definition) is 3. The molecule has 2 fully saturated rings. The third-order valence-electron chi connectivity index (χ3n) is 17.8. The molecule has 5 unspecified atom stereocenters. The molecule has 2 heterocycles. The summed E-state index contributed by atoms with van der Waals surface area (Å²) in [6.07, 6.45) is 20.1. The van der Waals surface area contributed by atoms with E-state index in [-0.39, 0.29) is 64.4 Å². The number of nitrogens with one attached hydrogen (secondary N) is 1. The number of benzene rings is 1. The Morgan fingerprint density at radius 2 is 1.67 bits per heavy atom. The van der Waals surface area contributed by atoms with Crippen LogP contribution >= 0.6 is 11.8 Å². The second-order valence-electron chi connectivity index (χ2n) is 25.4. The molecule has 2 aliphatic heterocycles. The summed E-state index contributed by atoms with van der Waals surface area (Å²) in [7, 11) is 0. The summed E-state index contributed by atoms with van der Waals surface area (Å²) >= 11 is 2.30. The predicted octanol–water partition coefficient (Wildman–Crippen LogP) is 17.8. The average molecular weight is 913 g/mol. The summed E-state index contributed by atoms with van der Waals surface area (Å²) in [6, 6.07) is 4.67. The highest BCUT2D eigenvalue weighted by atomic mass is 32.2. The van der Waals surface area contributed by atoms with E-state index in [0.29, 0.717) is 40.3 Å². The van der Waals surface area contributed by atoms with Crippen molar-refractivity contribution in [2.75, 3.05) is 11.9 Å². The molecule has 1 saturated heterocycles. The molecule has 1 aromatic carbocycles. The zero-order chi connectivity index (χ0) is 51.8. The molecule has 0 bridgehead atoms. The van der Waals surface area contributed by atoms with Gasteiger partial charge in [0, 0.05) is 30.2 Å². The zero-order valence-corrected chi connectivity index (χ0v) is 45.9. The normalized spacial score (nSPS) is 29.8. The van der Waals surface area contributed by atoms with E-state index >= 15 is 0 Å². The molecule has 7 rings (SSSR count). The molecule has 0 amide bonds. The molecule has 5 atom stereocenters. The first-order valence-electron chi connectivity index (χ1n) is 28.4. The minimum absolute atomic E-state index is 0.0179. The second kappa shape index (κ2) is 19.2. The SMILES string of the molecule is [2H]C1=C([2H])C([2H])=C(C2=CC3=C(CC2N2C(C)=C(/C=C\CC(C)C)B(C4CC5C(S4)C(C)(C)CCC5(C)C)C(CNc4ccc(C(C)C)c(C(C)(C)CC)c4C)=C2/C=C\C)C(C)(C)CCC3(C)C)C([2H])C1. The molecular weight excluding hydrogens is 816 g/mol. The van der Waals surface area contributed by atoms with Crippen LogP contribution in [-0.4, -0.2) is 34.6 Å². The number of anilines is 1. The first-order chi connectivity index (χ1) is 32.5. The van der Waals surface area contributed by atoms with Gasteiger partial charge in [0.15, 0.2) is 0 Å². The molecule has 1 saturated carbocycles. The third-order valence-corrected chi connectivity index (χ3v) is 19.9. The van der Waals surface area contributed by atoms with E-state index in [0.717, 1.165) is 37.7 Å². The second-order valence-corrected chi connectivity index (χ2v) is 26.8. The lowest BCUT2D eigenvalue weighted by Gasteiger charge is -2.51. The van der Waals surface area contributed by atoms with Gasteiger partial charge in [0.2, 0.25) is 6.71 Å². The summed E-state index contributed by atoms with van der Waals surface area (Å²) < 4.78 is 37.0. The molecule has 0 radical (unpaired) electrons. The van der Waals surface area contributed by atoms with E-state index in [1.54, 1.807) is 0 Å². The number of hydrogen-bond donors (Lipinski definition) is 1. The van der Waals surface area contributed by atoms with Crippen molar-refractivity contribution in [3.63, 3.8) is 0 Å². The fraction of sp³-hybridized carbons (Fsp3) is 0.645. The standard InChI is InChI=1S/C62H93BN2S/c1-19-25-53-51(39-64-52-31-30-45(41(5)6)56(42(52)7)58(9,10)20-2)63(55-38-49-57(66-55)62(17,18)35-34-61(49,15)16)50(29-24-26-40(3)4)43(8)65(53)54-37-48-47(59(11,12)32-33-60(48,13)14)36-46(54)44-27-22-21-23-28-44/h19,21-22,24-25,27,29-31,36,40-41,49,54-55,57,64H,20,23,26,28,32-35,37-39H2,1-18H3/b25-19-,29-24-/i21D,22D,27D,28D. The van der Waals surface area contributed by atoms with Crippen molar-refractivity contribution in [1.29, 1.82) is 0 Å². The Bertz CT molecular complexity index is 2440. The zero-order valence-electron chi connectivity index (χ0n) is 49.1. The smallest absolute Gasteiger partial charge is 0.224 e. The van der Waals surface area contributed by atoms with E-state index in [4.69, 9.17) is 2.74 Å². The molecule has 2 nitrogen and oxygen atoms in total. The van der Waals surface area contributed by atoms with Crippen LogP contribution in [0.1, 0.15) is 210 Å². The number of thioether (sulfide) groups is 1. The summed E-state index contributed by atoms with van der Waals surface area (Å²) in [5.74, 6) is 1.58. The molecule has 4 heteroatoms. The Balaban J connectivity index is 1.52. The molecular formula is C62H93BN2S. The molecule has 0 spiro atoms. The predicted molar refractivity (Wildman–Crippen MR) is 295 cm³/mol. The van der Waals surface area contributed by atoms with Gasteiger partial charge in [-0.15, -0.1) is 0 Å². The van der Waals surface area contributed by atoms with Crippen molar-refractivity contribution in [2.24, 2.45) is 33.5 Å². The Morgan fingerprint density at radius 1 is 0.970 bits per heavy atom. The Morgan fingerprint density at radius 3 is 2.32 bits per heavy atom. The van der Waals surface area contributed by atoms with Crippen molar-refractivity contribution >= 4 is 24.2 Å². The fourth-order valence-corrected chi connectivity index (χ4v) is 15.4. The van der Waals surface area contributed by atoms with E-state index in [2.05, 4.69) is 189 Å². The Hall–Kier alpha value is -2.85. The summed E-state index contributed by atoms with van der Waals surface area (Å²) in [6.45, 7) is 44.0. The lowest BCUT2D eigenvalue weighted by molar-refractivity contribution is 0.0683. The fourth-order valence-electron chi connectivity index (χ4n) is 13.1. The first-order valence-corrected chi connectivity index (χ1v) is 27.3. The van der Waals surface area contributed by atoms with Gasteiger partial charge >= 0.3 is 0 Å². The quantitative estimate of drug-likeness (QED) is 0.199. The van der Waals surface area contributed by atoms with Gasteiger partial charge in [0.05, 0.1) is 10.2 Å². The van der Waals surface area contributed by atoms with Crippen LogP contribution in [0.25, 0.3) is 0 Å². The molecule has 6 aliphatic rings. The van der Waals surface area contributed by atoms with E-state index in [1.807, 2.05) is 0 Å². The Labute approximate surface area is 416 Å². The third kappa shape index (κ3) is 9.69. The number of nitrogens with zero attached hydrogens (tertiary/aromatic N) is 1. The molecule has 360 valence electrons. The minimum atomic E-state index is -0.782. The molecule has 1 aromatic rings. The highest BCUT2D eigenvalue weighted by Crippen LogP contribution is 2.62. The topological polar surface area (TPSA) is 15.3 Å².